The lowest BCUT2D eigenvalue weighted by Gasteiger charge is -2.57. The number of esters is 1. The van der Waals surface area contributed by atoms with Crippen molar-refractivity contribution < 1.29 is 19.1 Å². The molecule has 0 heterocycles. The molecule has 4 aliphatic rings. The summed E-state index contributed by atoms with van der Waals surface area (Å²) in [4.78, 5) is 24.3. The van der Waals surface area contributed by atoms with Gasteiger partial charge >= 0.3 is 5.97 Å². The minimum atomic E-state index is -0.262. The molecule has 4 nitrogen and oxygen atoms in total. The van der Waals surface area contributed by atoms with Crippen molar-refractivity contribution in [1.29, 1.82) is 0 Å². The highest BCUT2D eigenvalue weighted by molar-refractivity contribution is 6.32. The Morgan fingerprint density at radius 1 is 1.06 bits per heavy atom. The van der Waals surface area contributed by atoms with Crippen LogP contribution in [0.5, 0.6) is 5.75 Å². The van der Waals surface area contributed by atoms with E-state index in [9.17, 15) is 9.59 Å². The van der Waals surface area contributed by atoms with Crippen molar-refractivity contribution in [3.05, 3.63) is 52.1 Å². The molecule has 2 saturated carbocycles. The molecule has 0 aliphatic heterocycles. The molecule has 6 atom stereocenters. The number of benzene rings is 1. The number of methoxy groups -OCH3 is 1. The van der Waals surface area contributed by atoms with E-state index >= 15 is 0 Å². The number of halogens is 1. The summed E-state index contributed by atoms with van der Waals surface area (Å²) < 4.78 is 11.1. The average Bonchev–Trinajstić information content (AvgIpc) is 3.09. The standard InChI is InChI=1S/C28H33ClO4/c1-27-12-10-21(33-26(31)17-4-7-20(32-3)8-5-17)15-19(27)6-9-22-23(27)11-13-28(2)24(22)14-18(16-30)25(28)29/h4-8,16,21-24H,9-15H2,1-3H3/t21-,22+,23-,24-,27-,28-/m0/s1. The van der Waals surface area contributed by atoms with Crippen LogP contribution >= 0.6 is 11.6 Å². The van der Waals surface area contributed by atoms with E-state index in [2.05, 4.69) is 19.9 Å². The van der Waals surface area contributed by atoms with Gasteiger partial charge in [-0.1, -0.05) is 37.1 Å². The van der Waals surface area contributed by atoms with E-state index in [4.69, 9.17) is 21.1 Å². The summed E-state index contributed by atoms with van der Waals surface area (Å²) in [5, 5.41) is 0.815. The lowest BCUT2D eigenvalue weighted by molar-refractivity contribution is -0.105. The minimum absolute atomic E-state index is 0.0498. The zero-order chi connectivity index (χ0) is 23.4. The third kappa shape index (κ3) is 3.56. The lowest BCUT2D eigenvalue weighted by atomic mass is 9.48. The Kier molecular flexibility index (Phi) is 5.71. The number of aldehydes is 1. The van der Waals surface area contributed by atoms with Crippen LogP contribution in [0.2, 0.25) is 0 Å². The number of carbonyl (C=O) groups excluding carboxylic acids is 2. The number of ether oxygens (including phenoxy) is 2. The molecule has 0 aromatic heterocycles. The second-order valence-electron chi connectivity index (χ2n) is 10.9. The van der Waals surface area contributed by atoms with Crippen LogP contribution in [0.4, 0.5) is 0 Å². The van der Waals surface area contributed by atoms with Gasteiger partial charge < -0.3 is 9.47 Å². The van der Waals surface area contributed by atoms with Crippen molar-refractivity contribution in [3.8, 4) is 5.75 Å². The van der Waals surface area contributed by atoms with Crippen molar-refractivity contribution in [2.24, 2.45) is 28.6 Å². The monoisotopic (exact) mass is 468 g/mol. The van der Waals surface area contributed by atoms with Crippen LogP contribution in [0.3, 0.4) is 0 Å². The van der Waals surface area contributed by atoms with Gasteiger partial charge in [0.2, 0.25) is 0 Å². The van der Waals surface area contributed by atoms with Crippen molar-refractivity contribution >= 4 is 23.9 Å². The molecule has 0 N–H and O–H groups in total. The summed E-state index contributed by atoms with van der Waals surface area (Å²) in [6, 6.07) is 7.09. The molecule has 1 aromatic rings. The third-order valence-corrected chi connectivity index (χ3v) is 10.1. The highest BCUT2D eigenvalue weighted by Gasteiger charge is 2.58. The zero-order valence-electron chi connectivity index (χ0n) is 19.7. The minimum Gasteiger partial charge on any atom is -0.497 e. The maximum absolute atomic E-state index is 12.7. The number of rotatable bonds is 4. The van der Waals surface area contributed by atoms with E-state index in [0.717, 1.165) is 67.6 Å². The largest absolute Gasteiger partial charge is 0.497 e. The first kappa shape index (κ1) is 22.7. The number of fused-ring (bicyclic) bond motifs is 5. The third-order valence-electron chi connectivity index (χ3n) is 9.41. The predicted octanol–water partition coefficient (Wildman–Crippen LogP) is 6.49. The van der Waals surface area contributed by atoms with E-state index in [-0.39, 0.29) is 22.9 Å². The molecule has 5 heteroatoms. The Hall–Kier alpha value is -2.07. The van der Waals surface area contributed by atoms with Crippen LogP contribution in [0, 0.1) is 28.6 Å². The van der Waals surface area contributed by atoms with E-state index in [1.807, 2.05) is 0 Å². The van der Waals surface area contributed by atoms with Gasteiger partial charge in [-0.2, -0.15) is 0 Å². The molecule has 4 aliphatic carbocycles. The molecule has 33 heavy (non-hydrogen) atoms. The van der Waals surface area contributed by atoms with Crippen molar-refractivity contribution in [1.82, 2.24) is 0 Å². The molecular formula is C28H33ClO4. The second kappa shape index (κ2) is 8.30. The summed E-state index contributed by atoms with van der Waals surface area (Å²) in [5.74, 6) is 2.07. The van der Waals surface area contributed by atoms with Crippen LogP contribution in [-0.2, 0) is 9.53 Å². The highest BCUT2D eigenvalue weighted by Crippen LogP contribution is 2.66. The molecule has 0 bridgehead atoms. The van der Waals surface area contributed by atoms with Gasteiger partial charge in [0.1, 0.15) is 18.1 Å². The fraction of sp³-hybridized carbons (Fsp3) is 0.571. The maximum Gasteiger partial charge on any atom is 0.338 e. The van der Waals surface area contributed by atoms with Gasteiger partial charge in [0.15, 0.2) is 0 Å². The molecular weight excluding hydrogens is 436 g/mol. The molecule has 0 spiro atoms. The fourth-order valence-corrected chi connectivity index (χ4v) is 7.79. The first-order chi connectivity index (χ1) is 15.8. The summed E-state index contributed by atoms with van der Waals surface area (Å²) in [6.07, 6.45) is 10.1. The van der Waals surface area contributed by atoms with Crippen LogP contribution in [-0.4, -0.2) is 25.5 Å². The molecule has 5 rings (SSSR count). The van der Waals surface area contributed by atoms with E-state index in [0.29, 0.717) is 23.3 Å². The maximum atomic E-state index is 12.7. The number of allylic oxidation sites excluding steroid dienone is 3. The first-order valence-electron chi connectivity index (χ1n) is 12.2. The molecule has 0 unspecified atom stereocenters. The number of hydrogen-bond donors (Lipinski definition) is 0. The quantitative estimate of drug-likeness (QED) is 0.288. The van der Waals surface area contributed by atoms with Gasteiger partial charge in [-0.3, -0.25) is 4.79 Å². The molecule has 1 aromatic carbocycles. The van der Waals surface area contributed by atoms with Crippen molar-refractivity contribution in [2.75, 3.05) is 7.11 Å². The number of hydrogen-bond acceptors (Lipinski definition) is 4. The van der Waals surface area contributed by atoms with Crippen molar-refractivity contribution in [3.63, 3.8) is 0 Å². The van der Waals surface area contributed by atoms with Crippen LogP contribution < -0.4 is 4.74 Å². The van der Waals surface area contributed by atoms with Crippen LogP contribution in [0.1, 0.15) is 69.2 Å². The molecule has 176 valence electrons. The fourth-order valence-electron chi connectivity index (χ4n) is 7.44. The van der Waals surface area contributed by atoms with Gasteiger partial charge in [0, 0.05) is 22.4 Å². The topological polar surface area (TPSA) is 52.6 Å². The Labute approximate surface area is 201 Å². The summed E-state index contributed by atoms with van der Waals surface area (Å²) in [5.41, 5.74) is 2.93. The van der Waals surface area contributed by atoms with Gasteiger partial charge in [-0.25, -0.2) is 4.79 Å². The van der Waals surface area contributed by atoms with E-state index in [1.165, 1.54) is 5.57 Å². The second-order valence-corrected chi connectivity index (χ2v) is 11.3. The van der Waals surface area contributed by atoms with E-state index in [1.54, 1.807) is 31.4 Å². The first-order valence-corrected chi connectivity index (χ1v) is 12.6. The highest BCUT2D eigenvalue weighted by atomic mass is 35.5. The van der Waals surface area contributed by atoms with Gasteiger partial charge in [-0.05, 0) is 86.0 Å². The predicted molar refractivity (Wildman–Crippen MR) is 128 cm³/mol. The van der Waals surface area contributed by atoms with E-state index < -0.39 is 0 Å². The molecule has 0 saturated heterocycles. The van der Waals surface area contributed by atoms with Gasteiger partial charge in [-0.15, -0.1) is 0 Å². The zero-order valence-corrected chi connectivity index (χ0v) is 20.5. The smallest absolute Gasteiger partial charge is 0.338 e. The number of carbonyl (C=O) groups is 2. The van der Waals surface area contributed by atoms with Gasteiger partial charge in [0.05, 0.1) is 12.7 Å². The molecule has 0 radical (unpaired) electrons. The Morgan fingerprint density at radius 2 is 1.79 bits per heavy atom. The lowest BCUT2D eigenvalue weighted by Crippen LogP contribution is -2.50. The Morgan fingerprint density at radius 3 is 2.48 bits per heavy atom. The van der Waals surface area contributed by atoms with Crippen molar-refractivity contribution in [2.45, 2.75) is 64.9 Å². The van der Waals surface area contributed by atoms with Crippen LogP contribution in [0.15, 0.2) is 46.5 Å². The Bertz CT molecular complexity index is 1020. The Balaban J connectivity index is 1.31. The SMILES string of the molecule is COc1ccc(C(=O)O[C@H]2CC[C@@]3(C)C(=CC[C@@H]4[C@@H]3CC[C@]3(C)C(Cl)=C(C=O)C[C@@H]43)C2)cc1. The van der Waals surface area contributed by atoms with Gasteiger partial charge in [0.25, 0.3) is 0 Å². The summed E-state index contributed by atoms with van der Waals surface area (Å²) in [6.45, 7) is 4.69. The van der Waals surface area contributed by atoms with Crippen LogP contribution in [0.25, 0.3) is 0 Å². The summed E-state index contributed by atoms with van der Waals surface area (Å²) >= 11 is 6.71. The molecule has 0 amide bonds. The normalized spacial score (nSPS) is 37.4. The summed E-state index contributed by atoms with van der Waals surface area (Å²) in [7, 11) is 1.61. The average molecular weight is 469 g/mol. The molecule has 2 fully saturated rings.